The van der Waals surface area contributed by atoms with E-state index in [-0.39, 0.29) is 6.42 Å². The fraction of sp³-hybridized carbons (Fsp3) is 0.700. The number of aliphatic hydroxyl groups is 3. The topological polar surface area (TPSA) is 102 Å². The maximum absolute atomic E-state index is 13.8. The van der Waals surface area contributed by atoms with Crippen LogP contribution in [0.4, 0.5) is 9.18 Å². The van der Waals surface area contributed by atoms with Gasteiger partial charge in [0.05, 0.1) is 13.2 Å². The zero-order valence-corrected chi connectivity index (χ0v) is 9.49. The highest BCUT2D eigenvalue weighted by Gasteiger charge is 2.50. The molecule has 2 rings (SSSR count). The van der Waals surface area contributed by atoms with Gasteiger partial charge in [0.15, 0.2) is 6.23 Å². The van der Waals surface area contributed by atoms with Gasteiger partial charge < -0.3 is 25.4 Å². The lowest BCUT2D eigenvalue weighted by atomic mass is 10.0. The Bertz CT molecular complexity index is 360. The SMILES string of the molecule is O=C1NC(O)C=CN1[C@@H]1OC(CO)(CO)C[C@@H]1F. The summed E-state index contributed by atoms with van der Waals surface area (Å²) >= 11 is 0. The number of amides is 2. The first-order valence-electron chi connectivity index (χ1n) is 5.50. The van der Waals surface area contributed by atoms with Crippen LogP contribution in [0.15, 0.2) is 12.3 Å². The number of nitrogens with one attached hydrogen (secondary N) is 1. The van der Waals surface area contributed by atoms with Gasteiger partial charge in [-0.05, 0) is 6.08 Å². The van der Waals surface area contributed by atoms with Crippen LogP contribution in [0.25, 0.3) is 0 Å². The summed E-state index contributed by atoms with van der Waals surface area (Å²) in [4.78, 5) is 12.5. The van der Waals surface area contributed by atoms with Gasteiger partial charge in [-0.15, -0.1) is 0 Å². The van der Waals surface area contributed by atoms with Gasteiger partial charge in [0, 0.05) is 12.6 Å². The van der Waals surface area contributed by atoms with Crippen LogP contribution in [0.1, 0.15) is 6.42 Å². The van der Waals surface area contributed by atoms with Crippen molar-refractivity contribution in [1.82, 2.24) is 10.2 Å². The smallest absolute Gasteiger partial charge is 0.325 e. The van der Waals surface area contributed by atoms with Crippen molar-refractivity contribution in [2.45, 2.75) is 30.6 Å². The molecule has 0 spiro atoms. The molecule has 102 valence electrons. The van der Waals surface area contributed by atoms with E-state index in [0.29, 0.717) is 0 Å². The van der Waals surface area contributed by atoms with Gasteiger partial charge in [0.25, 0.3) is 0 Å². The number of hydrogen-bond donors (Lipinski definition) is 4. The molecule has 7 nitrogen and oxygen atoms in total. The number of nitrogens with zero attached hydrogens (tertiary/aromatic N) is 1. The summed E-state index contributed by atoms with van der Waals surface area (Å²) < 4.78 is 19.1. The van der Waals surface area contributed by atoms with Crippen molar-refractivity contribution >= 4 is 6.03 Å². The molecule has 0 saturated carbocycles. The van der Waals surface area contributed by atoms with Crippen molar-refractivity contribution in [1.29, 1.82) is 0 Å². The van der Waals surface area contributed by atoms with Crippen molar-refractivity contribution in [2.24, 2.45) is 0 Å². The molecule has 1 unspecified atom stereocenters. The van der Waals surface area contributed by atoms with Crippen LogP contribution in [-0.4, -0.2) is 63.7 Å². The summed E-state index contributed by atoms with van der Waals surface area (Å²) in [6.07, 6.45) is -1.61. The Morgan fingerprint density at radius 1 is 1.56 bits per heavy atom. The minimum atomic E-state index is -1.53. The largest absolute Gasteiger partial charge is 0.393 e. The van der Waals surface area contributed by atoms with Crippen LogP contribution in [0.2, 0.25) is 0 Å². The Labute approximate surface area is 102 Å². The van der Waals surface area contributed by atoms with Crippen molar-refractivity contribution < 1.29 is 29.2 Å². The second kappa shape index (κ2) is 4.81. The molecule has 2 aliphatic heterocycles. The third kappa shape index (κ3) is 2.19. The van der Waals surface area contributed by atoms with Crippen molar-refractivity contribution in [3.8, 4) is 0 Å². The lowest BCUT2D eigenvalue weighted by Gasteiger charge is -2.32. The molecular formula is C10H15FN2O5. The lowest BCUT2D eigenvalue weighted by Crippen LogP contribution is -2.52. The minimum absolute atomic E-state index is 0.204. The lowest BCUT2D eigenvalue weighted by molar-refractivity contribution is -0.131. The van der Waals surface area contributed by atoms with E-state index in [9.17, 15) is 9.18 Å². The van der Waals surface area contributed by atoms with E-state index in [1.54, 1.807) is 0 Å². The van der Waals surface area contributed by atoms with Gasteiger partial charge >= 0.3 is 6.03 Å². The van der Waals surface area contributed by atoms with Crippen LogP contribution < -0.4 is 5.32 Å². The Hall–Kier alpha value is -1.22. The van der Waals surface area contributed by atoms with E-state index in [4.69, 9.17) is 20.1 Å². The summed E-state index contributed by atoms with van der Waals surface area (Å²) in [5, 5.41) is 29.6. The number of aliphatic hydroxyl groups excluding tert-OH is 3. The van der Waals surface area contributed by atoms with Crippen LogP contribution in [-0.2, 0) is 4.74 Å². The Morgan fingerprint density at radius 2 is 2.22 bits per heavy atom. The van der Waals surface area contributed by atoms with E-state index in [2.05, 4.69) is 5.32 Å². The zero-order chi connectivity index (χ0) is 13.3. The fourth-order valence-corrected chi connectivity index (χ4v) is 2.01. The van der Waals surface area contributed by atoms with Gasteiger partial charge in [-0.3, -0.25) is 4.90 Å². The highest BCUT2D eigenvalue weighted by Crippen LogP contribution is 2.34. The molecule has 1 saturated heterocycles. The summed E-state index contributed by atoms with van der Waals surface area (Å²) in [7, 11) is 0. The highest BCUT2D eigenvalue weighted by molar-refractivity contribution is 5.77. The standard InChI is InChI=1S/C10H15FN2O5/c11-6-3-10(4-14,5-15)18-8(6)13-2-1-7(16)12-9(13)17/h1-2,6-8,14-16H,3-5H2,(H,12,17)/t6-,7?,8+/m0/s1. The number of ether oxygens (including phenoxy) is 1. The number of halogens is 1. The average molecular weight is 262 g/mol. The number of urea groups is 1. The fourth-order valence-electron chi connectivity index (χ4n) is 2.01. The molecule has 0 aliphatic carbocycles. The van der Waals surface area contributed by atoms with Crippen LogP contribution in [0, 0.1) is 0 Å². The molecule has 1 fully saturated rings. The molecule has 4 N–H and O–H groups in total. The van der Waals surface area contributed by atoms with Gasteiger partial charge in [0.2, 0.25) is 0 Å². The van der Waals surface area contributed by atoms with E-state index >= 15 is 0 Å². The van der Waals surface area contributed by atoms with Gasteiger partial charge in [-0.2, -0.15) is 0 Å². The van der Waals surface area contributed by atoms with Gasteiger partial charge in [-0.25, -0.2) is 9.18 Å². The van der Waals surface area contributed by atoms with Crippen LogP contribution >= 0.6 is 0 Å². The molecule has 0 aromatic carbocycles. The number of hydrogen-bond acceptors (Lipinski definition) is 5. The van der Waals surface area contributed by atoms with E-state index in [1.807, 2.05) is 0 Å². The molecule has 0 bridgehead atoms. The van der Waals surface area contributed by atoms with Crippen molar-refractivity contribution in [3.63, 3.8) is 0 Å². The first-order chi connectivity index (χ1) is 8.51. The molecule has 0 aromatic rings. The normalized spacial score (nSPS) is 34.8. The Balaban J connectivity index is 2.15. The quantitative estimate of drug-likeness (QED) is 0.504. The third-order valence-corrected chi connectivity index (χ3v) is 3.03. The Morgan fingerprint density at radius 3 is 2.72 bits per heavy atom. The maximum Gasteiger partial charge on any atom is 0.325 e. The number of rotatable bonds is 3. The van der Waals surface area contributed by atoms with E-state index < -0.39 is 43.5 Å². The predicted molar refractivity (Wildman–Crippen MR) is 56.8 cm³/mol. The number of carbonyl (C=O) groups is 1. The van der Waals surface area contributed by atoms with Gasteiger partial charge in [0.1, 0.15) is 18.0 Å². The second-order valence-corrected chi connectivity index (χ2v) is 4.37. The predicted octanol–water partition coefficient (Wildman–Crippen LogP) is -1.35. The molecule has 3 atom stereocenters. The molecule has 2 amide bonds. The summed E-state index contributed by atoms with van der Waals surface area (Å²) in [6.45, 7) is -1.08. The average Bonchev–Trinajstić information content (AvgIpc) is 2.67. The number of carbonyl (C=O) groups excluding carboxylic acids is 1. The zero-order valence-electron chi connectivity index (χ0n) is 9.49. The Kier molecular flexibility index (Phi) is 3.53. The molecular weight excluding hydrogens is 247 g/mol. The van der Waals surface area contributed by atoms with Crippen molar-refractivity contribution in [3.05, 3.63) is 12.3 Å². The van der Waals surface area contributed by atoms with Gasteiger partial charge in [-0.1, -0.05) is 0 Å². The summed E-state index contributed by atoms with van der Waals surface area (Å²) in [5.74, 6) is 0. The van der Waals surface area contributed by atoms with E-state index in [0.717, 1.165) is 4.90 Å². The molecule has 8 heteroatoms. The third-order valence-electron chi connectivity index (χ3n) is 3.03. The minimum Gasteiger partial charge on any atom is -0.393 e. The van der Waals surface area contributed by atoms with Crippen LogP contribution in [0.3, 0.4) is 0 Å². The molecule has 2 aliphatic rings. The maximum atomic E-state index is 13.8. The van der Waals surface area contributed by atoms with Crippen molar-refractivity contribution in [2.75, 3.05) is 13.2 Å². The number of alkyl halides is 1. The van der Waals surface area contributed by atoms with E-state index in [1.165, 1.54) is 12.3 Å². The molecule has 18 heavy (non-hydrogen) atoms. The molecule has 2 heterocycles. The summed E-state index contributed by atoms with van der Waals surface area (Å²) in [6, 6.07) is -0.704. The monoisotopic (exact) mass is 262 g/mol. The molecule has 0 radical (unpaired) electrons. The highest BCUT2D eigenvalue weighted by atomic mass is 19.1. The first-order valence-corrected chi connectivity index (χ1v) is 5.50. The summed E-state index contributed by atoms with van der Waals surface area (Å²) in [5.41, 5.74) is -1.38. The first kappa shape index (κ1) is 13.2. The van der Waals surface area contributed by atoms with Crippen LogP contribution in [0.5, 0.6) is 0 Å². The molecule has 0 aromatic heterocycles. The second-order valence-electron chi connectivity index (χ2n) is 4.37.